The molecule has 0 fully saturated rings. The number of nitrogens with one attached hydrogen (secondary N) is 1. The van der Waals surface area contributed by atoms with Crippen LogP contribution in [0.1, 0.15) is 11.4 Å². The molecule has 0 aliphatic rings. The predicted octanol–water partition coefficient (Wildman–Crippen LogP) is 2.96. The third kappa shape index (κ3) is 1.98. The predicted molar refractivity (Wildman–Crippen MR) is 74.3 cm³/mol. The van der Waals surface area contributed by atoms with Crippen molar-refractivity contribution in [3.8, 4) is 17.2 Å². The number of aryl methyl sites for hydroxylation is 1. The second kappa shape index (κ2) is 4.44. The molecule has 2 heterocycles. The first-order valence-corrected chi connectivity index (χ1v) is 6.35. The number of rotatable bonds is 1. The van der Waals surface area contributed by atoms with E-state index in [1.165, 1.54) is 0 Å². The summed E-state index contributed by atoms with van der Waals surface area (Å²) in [5.41, 5.74) is 3.04. The second-order valence-electron chi connectivity index (χ2n) is 4.09. The van der Waals surface area contributed by atoms with Crippen LogP contribution in [0.4, 0.5) is 0 Å². The van der Waals surface area contributed by atoms with Gasteiger partial charge in [0.2, 0.25) is 0 Å². The zero-order valence-electron chi connectivity index (χ0n) is 9.98. The first kappa shape index (κ1) is 11.8. The van der Waals surface area contributed by atoms with Crippen molar-refractivity contribution in [1.29, 1.82) is 5.26 Å². The minimum absolute atomic E-state index is 0.547. The molecule has 0 radical (unpaired) electrons. The van der Waals surface area contributed by atoms with E-state index in [2.05, 4.69) is 42.2 Å². The standard InChI is InChI=1S/C13H8BrN5/c1-7-16-5-10(6-17-7)8-2-9(4-15)12-11(3-8)13(14)19-18-12/h2-3,5-6H,1H3,(H,18,19). The minimum Gasteiger partial charge on any atom is -0.275 e. The molecule has 5 nitrogen and oxygen atoms in total. The van der Waals surface area contributed by atoms with E-state index in [9.17, 15) is 5.26 Å². The Hall–Kier alpha value is -2.26. The van der Waals surface area contributed by atoms with E-state index in [0.29, 0.717) is 10.2 Å². The van der Waals surface area contributed by atoms with Gasteiger partial charge in [-0.25, -0.2) is 9.97 Å². The van der Waals surface area contributed by atoms with Crippen LogP contribution in [0.3, 0.4) is 0 Å². The Morgan fingerprint density at radius 3 is 2.63 bits per heavy atom. The molecule has 0 spiro atoms. The number of nitriles is 1. The Bertz CT molecular complexity index is 798. The normalized spacial score (nSPS) is 10.6. The number of halogens is 1. The van der Waals surface area contributed by atoms with Gasteiger partial charge < -0.3 is 0 Å². The van der Waals surface area contributed by atoms with Crippen molar-refractivity contribution in [1.82, 2.24) is 20.2 Å². The molecule has 0 aliphatic heterocycles. The highest BCUT2D eigenvalue weighted by atomic mass is 79.9. The Morgan fingerprint density at radius 2 is 1.95 bits per heavy atom. The molecule has 92 valence electrons. The second-order valence-corrected chi connectivity index (χ2v) is 4.84. The van der Waals surface area contributed by atoms with E-state index < -0.39 is 0 Å². The molecule has 1 aromatic carbocycles. The summed E-state index contributed by atoms with van der Waals surface area (Å²) in [5.74, 6) is 0.717. The minimum atomic E-state index is 0.547. The number of H-pyrrole nitrogens is 1. The SMILES string of the molecule is Cc1ncc(-c2cc(C#N)c3[nH]nc(Br)c3c2)cn1. The summed E-state index contributed by atoms with van der Waals surface area (Å²) in [4.78, 5) is 8.34. The lowest BCUT2D eigenvalue weighted by molar-refractivity contribution is 1.06. The third-order valence-electron chi connectivity index (χ3n) is 2.86. The lowest BCUT2D eigenvalue weighted by Crippen LogP contribution is -1.89. The van der Waals surface area contributed by atoms with Crippen LogP contribution in [-0.2, 0) is 0 Å². The zero-order chi connectivity index (χ0) is 13.4. The Morgan fingerprint density at radius 1 is 1.21 bits per heavy atom. The van der Waals surface area contributed by atoms with Crippen LogP contribution >= 0.6 is 15.9 Å². The average molecular weight is 314 g/mol. The van der Waals surface area contributed by atoms with E-state index in [0.717, 1.165) is 27.9 Å². The van der Waals surface area contributed by atoms with Crippen LogP contribution in [0.25, 0.3) is 22.0 Å². The fraction of sp³-hybridized carbons (Fsp3) is 0.0769. The Balaban J connectivity index is 2.27. The van der Waals surface area contributed by atoms with Gasteiger partial charge in [-0.15, -0.1) is 0 Å². The quantitative estimate of drug-likeness (QED) is 0.749. The summed E-state index contributed by atoms with van der Waals surface area (Å²) in [6.45, 7) is 1.83. The first-order chi connectivity index (χ1) is 9.19. The maximum atomic E-state index is 9.22. The summed E-state index contributed by atoms with van der Waals surface area (Å²) in [7, 11) is 0. The van der Waals surface area contributed by atoms with Crippen LogP contribution < -0.4 is 0 Å². The van der Waals surface area contributed by atoms with Crippen LogP contribution in [0.2, 0.25) is 0 Å². The van der Waals surface area contributed by atoms with Gasteiger partial charge in [-0.05, 0) is 40.5 Å². The Kier molecular flexibility index (Phi) is 2.76. The van der Waals surface area contributed by atoms with E-state index in [1.807, 2.05) is 13.0 Å². The van der Waals surface area contributed by atoms with Crippen molar-refractivity contribution < 1.29 is 0 Å². The molecule has 3 rings (SSSR count). The van der Waals surface area contributed by atoms with Crippen molar-refractivity contribution in [2.75, 3.05) is 0 Å². The topological polar surface area (TPSA) is 78.2 Å². The molecule has 1 N–H and O–H groups in total. The highest BCUT2D eigenvalue weighted by molar-refractivity contribution is 9.10. The highest BCUT2D eigenvalue weighted by Gasteiger charge is 2.11. The summed E-state index contributed by atoms with van der Waals surface area (Å²) < 4.78 is 0.689. The maximum Gasteiger partial charge on any atom is 0.135 e. The summed E-state index contributed by atoms with van der Waals surface area (Å²) in [5, 5.41) is 17.0. The lowest BCUT2D eigenvalue weighted by Gasteiger charge is -2.03. The van der Waals surface area contributed by atoms with Gasteiger partial charge in [0.1, 0.15) is 16.5 Å². The average Bonchev–Trinajstić information content (AvgIpc) is 2.80. The number of hydrogen-bond donors (Lipinski definition) is 1. The maximum absolute atomic E-state index is 9.22. The number of nitrogens with zero attached hydrogens (tertiary/aromatic N) is 4. The van der Waals surface area contributed by atoms with Gasteiger partial charge >= 0.3 is 0 Å². The monoisotopic (exact) mass is 313 g/mol. The number of benzene rings is 1. The summed E-state index contributed by atoms with van der Waals surface area (Å²) in [6.07, 6.45) is 3.50. The van der Waals surface area contributed by atoms with Crippen LogP contribution in [0, 0.1) is 18.3 Å². The van der Waals surface area contributed by atoms with Crippen LogP contribution in [-0.4, -0.2) is 20.2 Å². The number of aromatic nitrogens is 4. The van der Waals surface area contributed by atoms with Crippen molar-refractivity contribution in [2.45, 2.75) is 6.92 Å². The summed E-state index contributed by atoms with van der Waals surface area (Å²) in [6, 6.07) is 5.93. The Labute approximate surface area is 117 Å². The number of hydrogen-bond acceptors (Lipinski definition) is 4. The molecule has 0 amide bonds. The molecular formula is C13H8BrN5. The number of fused-ring (bicyclic) bond motifs is 1. The zero-order valence-corrected chi connectivity index (χ0v) is 11.6. The van der Waals surface area contributed by atoms with E-state index in [1.54, 1.807) is 18.5 Å². The van der Waals surface area contributed by atoms with E-state index in [4.69, 9.17) is 0 Å². The first-order valence-electron chi connectivity index (χ1n) is 5.56. The molecule has 0 saturated heterocycles. The van der Waals surface area contributed by atoms with Crippen molar-refractivity contribution >= 4 is 26.8 Å². The molecule has 0 saturated carbocycles. The largest absolute Gasteiger partial charge is 0.275 e. The van der Waals surface area contributed by atoms with Gasteiger partial charge in [0.15, 0.2) is 0 Å². The molecule has 19 heavy (non-hydrogen) atoms. The van der Waals surface area contributed by atoms with Crippen LogP contribution in [0.5, 0.6) is 0 Å². The fourth-order valence-corrected chi connectivity index (χ4v) is 2.29. The molecule has 0 atom stereocenters. The van der Waals surface area contributed by atoms with Crippen molar-refractivity contribution in [3.05, 3.63) is 40.5 Å². The lowest BCUT2D eigenvalue weighted by atomic mass is 10.0. The van der Waals surface area contributed by atoms with Gasteiger partial charge in [0, 0.05) is 23.3 Å². The molecule has 0 aliphatic carbocycles. The van der Waals surface area contributed by atoms with Gasteiger partial charge in [-0.3, -0.25) is 5.10 Å². The van der Waals surface area contributed by atoms with E-state index >= 15 is 0 Å². The van der Waals surface area contributed by atoms with Crippen molar-refractivity contribution in [3.63, 3.8) is 0 Å². The third-order valence-corrected chi connectivity index (χ3v) is 3.47. The van der Waals surface area contributed by atoms with E-state index in [-0.39, 0.29) is 0 Å². The highest BCUT2D eigenvalue weighted by Crippen LogP contribution is 2.29. The molecule has 6 heteroatoms. The van der Waals surface area contributed by atoms with Gasteiger partial charge in [0.05, 0.1) is 11.1 Å². The smallest absolute Gasteiger partial charge is 0.135 e. The van der Waals surface area contributed by atoms with Gasteiger partial charge in [0.25, 0.3) is 0 Å². The van der Waals surface area contributed by atoms with Crippen LogP contribution in [0.15, 0.2) is 29.1 Å². The van der Waals surface area contributed by atoms with Crippen molar-refractivity contribution in [2.24, 2.45) is 0 Å². The van der Waals surface area contributed by atoms with Gasteiger partial charge in [-0.2, -0.15) is 10.4 Å². The number of aromatic amines is 1. The van der Waals surface area contributed by atoms with Gasteiger partial charge in [-0.1, -0.05) is 0 Å². The fourth-order valence-electron chi connectivity index (χ4n) is 1.89. The molecule has 0 unspecified atom stereocenters. The molecule has 0 bridgehead atoms. The molecule has 2 aromatic heterocycles. The summed E-state index contributed by atoms with van der Waals surface area (Å²) >= 11 is 3.37. The molecule has 3 aromatic rings. The molecular weight excluding hydrogens is 306 g/mol.